The maximum atomic E-state index is 13.1. The number of benzene rings is 2. The summed E-state index contributed by atoms with van der Waals surface area (Å²) in [4.78, 5) is 38.6. The fourth-order valence-electron chi connectivity index (χ4n) is 3.08. The number of hydrogen-bond donors (Lipinski definition) is 1. The Morgan fingerprint density at radius 1 is 1.12 bits per heavy atom. The van der Waals surface area contributed by atoms with Gasteiger partial charge in [-0.2, -0.15) is 0 Å². The molecule has 1 saturated heterocycles. The van der Waals surface area contributed by atoms with Gasteiger partial charge in [0.25, 0.3) is 17.1 Å². The average molecular weight is 495 g/mol. The first-order valence-corrected chi connectivity index (χ1v) is 10.8. The summed E-state index contributed by atoms with van der Waals surface area (Å²) >= 11 is 6.66. The third-order valence-corrected chi connectivity index (χ3v) is 5.88. The van der Waals surface area contributed by atoms with Crippen LogP contribution < -0.4 is 19.5 Å². The highest BCUT2D eigenvalue weighted by Crippen LogP contribution is 2.40. The van der Waals surface area contributed by atoms with Crippen LogP contribution >= 0.6 is 23.4 Å². The highest BCUT2D eigenvalue weighted by Gasteiger charge is 2.34. The van der Waals surface area contributed by atoms with E-state index in [1.165, 1.54) is 27.4 Å². The van der Waals surface area contributed by atoms with Gasteiger partial charge in [-0.25, -0.2) is 4.39 Å². The Bertz CT molecular complexity index is 1110. The lowest BCUT2D eigenvalue weighted by molar-refractivity contribution is -0.122. The van der Waals surface area contributed by atoms with Crippen LogP contribution in [-0.2, 0) is 4.79 Å². The summed E-state index contributed by atoms with van der Waals surface area (Å²) in [7, 11) is 4.43. The topological polar surface area (TPSA) is 94.2 Å². The van der Waals surface area contributed by atoms with Gasteiger partial charge in [-0.1, -0.05) is 11.6 Å². The molecule has 0 unspecified atom stereocenters. The van der Waals surface area contributed by atoms with Gasteiger partial charge in [-0.3, -0.25) is 19.3 Å². The third-order valence-electron chi connectivity index (χ3n) is 4.66. The predicted octanol–water partition coefficient (Wildman–Crippen LogP) is 3.97. The van der Waals surface area contributed by atoms with E-state index in [1.807, 2.05) is 0 Å². The van der Waals surface area contributed by atoms with Crippen molar-refractivity contribution in [1.82, 2.24) is 10.2 Å². The molecule has 2 aromatic carbocycles. The summed E-state index contributed by atoms with van der Waals surface area (Å²) in [5.41, 5.74) is 0.670. The maximum absolute atomic E-state index is 13.1. The van der Waals surface area contributed by atoms with Crippen molar-refractivity contribution in [3.63, 3.8) is 0 Å². The predicted molar refractivity (Wildman–Crippen MR) is 123 cm³/mol. The van der Waals surface area contributed by atoms with Crippen molar-refractivity contribution >= 4 is 46.5 Å². The van der Waals surface area contributed by atoms with Crippen LogP contribution in [0, 0.1) is 5.82 Å². The minimum Gasteiger partial charge on any atom is -0.493 e. The highest BCUT2D eigenvalue weighted by atomic mass is 35.5. The lowest BCUT2D eigenvalue weighted by Crippen LogP contribution is -2.37. The van der Waals surface area contributed by atoms with Gasteiger partial charge in [0, 0.05) is 13.1 Å². The molecule has 1 N–H and O–H groups in total. The zero-order valence-electron chi connectivity index (χ0n) is 17.9. The van der Waals surface area contributed by atoms with E-state index in [0.717, 1.165) is 28.8 Å². The van der Waals surface area contributed by atoms with Crippen LogP contribution in [0.4, 0.5) is 9.18 Å². The molecule has 3 amide bonds. The second-order valence-corrected chi connectivity index (χ2v) is 8.07. The van der Waals surface area contributed by atoms with E-state index in [-0.39, 0.29) is 28.6 Å². The summed E-state index contributed by atoms with van der Waals surface area (Å²) in [5.74, 6) is -0.378. The van der Waals surface area contributed by atoms with Crippen molar-refractivity contribution in [3.8, 4) is 17.2 Å². The average Bonchev–Trinajstić information content (AvgIpc) is 3.05. The number of thioether (sulfide) groups is 1. The number of methoxy groups -OCH3 is 3. The van der Waals surface area contributed by atoms with Crippen LogP contribution in [0.2, 0.25) is 5.02 Å². The Hall–Kier alpha value is -3.24. The second-order valence-electron chi connectivity index (χ2n) is 6.67. The second kappa shape index (κ2) is 10.6. The monoisotopic (exact) mass is 494 g/mol. The molecule has 0 saturated carbocycles. The number of nitrogens with zero attached hydrogens (tertiary/aromatic N) is 1. The lowest BCUT2D eigenvalue weighted by atomic mass is 10.1. The normalized spacial score (nSPS) is 14.6. The number of amides is 3. The van der Waals surface area contributed by atoms with E-state index in [0.29, 0.717) is 22.8 Å². The van der Waals surface area contributed by atoms with Gasteiger partial charge in [0.1, 0.15) is 5.82 Å². The van der Waals surface area contributed by atoms with Crippen molar-refractivity contribution in [2.75, 3.05) is 34.4 Å². The van der Waals surface area contributed by atoms with E-state index >= 15 is 0 Å². The minimum atomic E-state index is -0.562. The Morgan fingerprint density at radius 2 is 1.79 bits per heavy atom. The molecule has 0 radical (unpaired) electrons. The molecule has 8 nitrogen and oxygen atoms in total. The molecule has 1 fully saturated rings. The molecule has 0 spiro atoms. The minimum absolute atomic E-state index is 0.00202. The molecule has 0 bridgehead atoms. The maximum Gasteiger partial charge on any atom is 0.293 e. The van der Waals surface area contributed by atoms with Gasteiger partial charge in [0.05, 0.1) is 36.8 Å². The van der Waals surface area contributed by atoms with Gasteiger partial charge in [0.2, 0.25) is 5.75 Å². The number of imide groups is 1. The van der Waals surface area contributed by atoms with Gasteiger partial charge >= 0.3 is 0 Å². The standard InChI is InChI=1S/C22H20ClFN2O6S/c1-30-16-8-12(9-17(31-2)19(16)32-3)10-18-21(28)26(22(29)33-18)7-6-25-20(27)14-5-4-13(24)11-15(14)23/h4-5,8-11H,6-7H2,1-3H3,(H,25,27)/b18-10-. The smallest absolute Gasteiger partial charge is 0.293 e. The van der Waals surface area contributed by atoms with E-state index in [2.05, 4.69) is 5.32 Å². The largest absolute Gasteiger partial charge is 0.493 e. The molecule has 33 heavy (non-hydrogen) atoms. The van der Waals surface area contributed by atoms with Crippen LogP contribution in [0.25, 0.3) is 6.08 Å². The summed E-state index contributed by atoms with van der Waals surface area (Å²) in [5, 5.41) is 2.07. The fourth-order valence-corrected chi connectivity index (χ4v) is 4.20. The van der Waals surface area contributed by atoms with Crippen molar-refractivity contribution in [1.29, 1.82) is 0 Å². The van der Waals surface area contributed by atoms with Crippen LogP contribution in [0.1, 0.15) is 15.9 Å². The van der Waals surface area contributed by atoms with Gasteiger partial charge < -0.3 is 19.5 Å². The van der Waals surface area contributed by atoms with E-state index in [9.17, 15) is 18.8 Å². The highest BCUT2D eigenvalue weighted by molar-refractivity contribution is 8.18. The fraction of sp³-hybridized carbons (Fsp3) is 0.227. The van der Waals surface area contributed by atoms with E-state index in [4.69, 9.17) is 25.8 Å². The van der Waals surface area contributed by atoms with E-state index in [1.54, 1.807) is 18.2 Å². The zero-order valence-corrected chi connectivity index (χ0v) is 19.5. The number of hydrogen-bond acceptors (Lipinski definition) is 7. The lowest BCUT2D eigenvalue weighted by Gasteiger charge is -2.14. The summed E-state index contributed by atoms with van der Waals surface area (Å²) in [6.07, 6.45) is 1.55. The molecule has 3 rings (SSSR count). The third kappa shape index (κ3) is 5.40. The first-order chi connectivity index (χ1) is 15.8. The summed E-state index contributed by atoms with van der Waals surface area (Å²) < 4.78 is 29.0. The molecule has 174 valence electrons. The molecule has 2 aromatic rings. The molecule has 0 aromatic heterocycles. The van der Waals surface area contributed by atoms with Crippen LogP contribution in [-0.4, -0.2) is 56.4 Å². The molecule has 0 aliphatic carbocycles. The molecule has 1 heterocycles. The van der Waals surface area contributed by atoms with Crippen molar-refractivity contribution in [2.24, 2.45) is 0 Å². The first kappa shape index (κ1) is 24.4. The molecule has 1 aliphatic heterocycles. The summed E-state index contributed by atoms with van der Waals surface area (Å²) in [6.45, 7) is -0.0378. The Kier molecular flexibility index (Phi) is 7.83. The van der Waals surface area contributed by atoms with Crippen LogP contribution in [0.5, 0.6) is 17.2 Å². The van der Waals surface area contributed by atoms with Crippen molar-refractivity contribution in [3.05, 3.63) is 57.2 Å². The number of rotatable bonds is 8. The van der Waals surface area contributed by atoms with Gasteiger partial charge in [0.15, 0.2) is 11.5 Å². The van der Waals surface area contributed by atoms with Crippen molar-refractivity contribution < 1.29 is 33.0 Å². The number of ether oxygens (including phenoxy) is 3. The van der Waals surface area contributed by atoms with Crippen molar-refractivity contribution in [2.45, 2.75) is 0 Å². The number of halogens is 2. The molecular formula is C22H20ClFN2O6S. The summed E-state index contributed by atoms with van der Waals surface area (Å²) in [6, 6.07) is 6.71. The zero-order chi connectivity index (χ0) is 24.1. The molecule has 11 heteroatoms. The van der Waals surface area contributed by atoms with Gasteiger partial charge in [-0.15, -0.1) is 0 Å². The quantitative estimate of drug-likeness (QED) is 0.555. The van der Waals surface area contributed by atoms with E-state index < -0.39 is 22.9 Å². The first-order valence-electron chi connectivity index (χ1n) is 9.57. The molecular weight excluding hydrogens is 475 g/mol. The van der Waals surface area contributed by atoms with Gasteiger partial charge in [-0.05, 0) is 53.7 Å². The Labute approximate surface area is 198 Å². The molecule has 1 aliphatic rings. The SMILES string of the molecule is COc1cc(/C=C2\SC(=O)N(CCNC(=O)c3ccc(F)cc3Cl)C2=O)cc(OC)c1OC. The Balaban J connectivity index is 1.69. The number of carbonyl (C=O) groups is 3. The Morgan fingerprint density at radius 3 is 2.36 bits per heavy atom. The van der Waals surface area contributed by atoms with Crippen LogP contribution in [0.15, 0.2) is 35.2 Å². The number of carbonyl (C=O) groups excluding carboxylic acids is 3. The number of nitrogens with one attached hydrogen (secondary N) is 1. The van der Waals surface area contributed by atoms with Crippen LogP contribution in [0.3, 0.4) is 0 Å². The molecule has 0 atom stereocenters.